The van der Waals surface area contributed by atoms with Crippen LogP contribution in [0.15, 0.2) is 18.2 Å². The van der Waals surface area contributed by atoms with Gasteiger partial charge in [0, 0.05) is 17.6 Å². The zero-order valence-electron chi connectivity index (χ0n) is 13.1. The molecule has 1 aromatic rings. The number of rotatable bonds is 5. The van der Waals surface area contributed by atoms with Crippen LogP contribution in [0, 0.1) is 5.92 Å². The maximum Gasteiger partial charge on any atom is 0.120 e. The van der Waals surface area contributed by atoms with Crippen molar-refractivity contribution in [3.8, 4) is 11.5 Å². The Balaban J connectivity index is 2.24. The Morgan fingerprint density at radius 2 is 2.00 bits per heavy atom. The lowest BCUT2D eigenvalue weighted by atomic mass is 9.82. The van der Waals surface area contributed by atoms with Crippen LogP contribution in [-0.2, 0) is 0 Å². The van der Waals surface area contributed by atoms with Gasteiger partial charge >= 0.3 is 0 Å². The summed E-state index contributed by atoms with van der Waals surface area (Å²) in [6.07, 6.45) is 4.87. The second kappa shape index (κ2) is 7.14. The summed E-state index contributed by atoms with van der Waals surface area (Å²) in [5.41, 5.74) is 6.75. The molecule has 4 N–H and O–H groups in total. The topological polar surface area (TPSA) is 69.7 Å². The molecule has 1 aliphatic carbocycles. The number of hydrogen-bond acceptors (Lipinski definition) is 4. The van der Waals surface area contributed by atoms with Crippen molar-refractivity contribution < 1.29 is 10.2 Å². The van der Waals surface area contributed by atoms with Gasteiger partial charge in [-0.25, -0.2) is 0 Å². The predicted octanol–water partition coefficient (Wildman–Crippen LogP) is 3.00. The zero-order chi connectivity index (χ0) is 15.4. The summed E-state index contributed by atoms with van der Waals surface area (Å²) in [7, 11) is 0. The average Bonchev–Trinajstić information content (AvgIpc) is 2.50. The summed E-state index contributed by atoms with van der Waals surface area (Å²) in [5.74, 6) is 0.976. The van der Waals surface area contributed by atoms with E-state index in [9.17, 15) is 10.2 Å². The highest BCUT2D eigenvalue weighted by Crippen LogP contribution is 2.36. The third-order valence-corrected chi connectivity index (χ3v) is 4.92. The summed E-state index contributed by atoms with van der Waals surface area (Å²) in [4.78, 5) is 2.42. The Morgan fingerprint density at radius 1 is 1.29 bits per heavy atom. The monoisotopic (exact) mass is 292 g/mol. The molecule has 1 fully saturated rings. The number of aromatic hydroxyl groups is 2. The van der Waals surface area contributed by atoms with Crippen molar-refractivity contribution in [2.45, 2.75) is 51.6 Å². The number of benzene rings is 1. The molecule has 0 spiro atoms. The lowest BCUT2D eigenvalue weighted by Gasteiger charge is -2.42. The molecule has 0 amide bonds. The third kappa shape index (κ3) is 3.50. The van der Waals surface area contributed by atoms with Crippen molar-refractivity contribution in [2.75, 3.05) is 13.1 Å². The summed E-state index contributed by atoms with van der Waals surface area (Å²) in [6, 6.07) is 5.29. The van der Waals surface area contributed by atoms with Crippen LogP contribution in [0.25, 0.3) is 0 Å². The summed E-state index contributed by atoms with van der Waals surface area (Å²) in [5, 5.41) is 19.8. The number of nitrogens with two attached hydrogens (primary N) is 1. The Labute approximate surface area is 127 Å². The van der Waals surface area contributed by atoms with Crippen LogP contribution in [0.3, 0.4) is 0 Å². The van der Waals surface area contributed by atoms with Crippen LogP contribution in [0.1, 0.15) is 51.1 Å². The highest BCUT2D eigenvalue weighted by atomic mass is 16.3. The van der Waals surface area contributed by atoms with E-state index in [4.69, 9.17) is 5.73 Å². The molecule has 1 aliphatic rings. The van der Waals surface area contributed by atoms with Crippen LogP contribution in [-0.4, -0.2) is 34.2 Å². The first-order valence-corrected chi connectivity index (χ1v) is 8.06. The highest BCUT2D eigenvalue weighted by Gasteiger charge is 2.32. The van der Waals surface area contributed by atoms with Gasteiger partial charge in [0.25, 0.3) is 0 Å². The molecule has 1 aromatic carbocycles. The fourth-order valence-electron chi connectivity index (χ4n) is 3.75. The number of nitrogens with zero attached hydrogens (tertiary/aromatic N) is 1. The van der Waals surface area contributed by atoms with Gasteiger partial charge in [-0.05, 0) is 57.0 Å². The minimum Gasteiger partial charge on any atom is -0.508 e. The molecule has 0 radical (unpaired) electrons. The molecule has 0 bridgehead atoms. The van der Waals surface area contributed by atoms with Crippen molar-refractivity contribution in [1.29, 1.82) is 0 Å². The second-order valence-corrected chi connectivity index (χ2v) is 6.10. The highest BCUT2D eigenvalue weighted by molar-refractivity contribution is 5.40. The van der Waals surface area contributed by atoms with Crippen molar-refractivity contribution in [2.24, 2.45) is 11.7 Å². The molecule has 0 aliphatic heterocycles. The zero-order valence-corrected chi connectivity index (χ0v) is 13.1. The van der Waals surface area contributed by atoms with Crippen LogP contribution < -0.4 is 5.73 Å². The van der Waals surface area contributed by atoms with E-state index < -0.39 is 0 Å². The molecule has 0 saturated heterocycles. The molecular weight excluding hydrogens is 264 g/mol. The van der Waals surface area contributed by atoms with Gasteiger partial charge in [-0.3, -0.25) is 4.90 Å². The Morgan fingerprint density at radius 3 is 2.67 bits per heavy atom. The van der Waals surface area contributed by atoms with E-state index in [-0.39, 0.29) is 17.5 Å². The first-order valence-electron chi connectivity index (χ1n) is 8.06. The van der Waals surface area contributed by atoms with Gasteiger partial charge in [0.15, 0.2) is 0 Å². The van der Waals surface area contributed by atoms with Gasteiger partial charge in [0.1, 0.15) is 11.5 Å². The van der Waals surface area contributed by atoms with Crippen molar-refractivity contribution in [3.05, 3.63) is 23.8 Å². The molecule has 3 unspecified atom stereocenters. The van der Waals surface area contributed by atoms with E-state index in [0.29, 0.717) is 12.0 Å². The largest absolute Gasteiger partial charge is 0.508 e. The van der Waals surface area contributed by atoms with Crippen LogP contribution in [0.5, 0.6) is 11.5 Å². The Hall–Kier alpha value is -1.26. The van der Waals surface area contributed by atoms with Gasteiger partial charge in [-0.2, -0.15) is 0 Å². The summed E-state index contributed by atoms with van der Waals surface area (Å²) in [6.45, 7) is 5.88. The fourth-order valence-corrected chi connectivity index (χ4v) is 3.75. The average molecular weight is 292 g/mol. The third-order valence-electron chi connectivity index (χ3n) is 4.92. The SMILES string of the molecule is CCN(C(C)c1cc(O)ccc1O)C1CCCCC1CN. The Bertz CT molecular complexity index is 464. The van der Waals surface area contributed by atoms with E-state index in [1.54, 1.807) is 12.1 Å². The normalized spacial score (nSPS) is 24.2. The quantitative estimate of drug-likeness (QED) is 0.730. The smallest absolute Gasteiger partial charge is 0.120 e. The Kier molecular flexibility index (Phi) is 5.48. The number of phenolic OH excluding ortho intramolecular Hbond substituents is 2. The molecular formula is C17H28N2O2. The number of phenols is 2. The molecule has 3 atom stereocenters. The molecule has 4 nitrogen and oxygen atoms in total. The van der Waals surface area contributed by atoms with Crippen LogP contribution in [0.4, 0.5) is 0 Å². The lowest BCUT2D eigenvalue weighted by molar-refractivity contribution is 0.0759. The molecule has 118 valence electrons. The van der Waals surface area contributed by atoms with Gasteiger partial charge in [-0.1, -0.05) is 19.8 Å². The standard InChI is InChI=1S/C17H28N2O2/c1-3-19(16-7-5-4-6-13(16)11-18)12(2)15-10-14(20)8-9-17(15)21/h8-10,12-13,16,20-21H,3-7,11,18H2,1-2H3. The van der Waals surface area contributed by atoms with Gasteiger partial charge < -0.3 is 15.9 Å². The number of hydrogen-bond donors (Lipinski definition) is 3. The lowest BCUT2D eigenvalue weighted by Crippen LogP contribution is -2.46. The predicted molar refractivity (Wildman–Crippen MR) is 85.4 cm³/mol. The molecule has 0 aromatic heterocycles. The maximum atomic E-state index is 10.1. The van der Waals surface area contributed by atoms with E-state index in [0.717, 1.165) is 18.7 Å². The van der Waals surface area contributed by atoms with E-state index >= 15 is 0 Å². The van der Waals surface area contributed by atoms with E-state index in [1.165, 1.54) is 31.7 Å². The van der Waals surface area contributed by atoms with Gasteiger partial charge in [0.05, 0.1) is 0 Å². The van der Waals surface area contributed by atoms with Crippen molar-refractivity contribution in [1.82, 2.24) is 4.90 Å². The summed E-state index contributed by atoms with van der Waals surface area (Å²) < 4.78 is 0. The molecule has 21 heavy (non-hydrogen) atoms. The maximum absolute atomic E-state index is 10.1. The molecule has 1 saturated carbocycles. The molecule has 4 heteroatoms. The first kappa shape index (κ1) is 16.1. The van der Waals surface area contributed by atoms with Crippen LogP contribution in [0.2, 0.25) is 0 Å². The van der Waals surface area contributed by atoms with Crippen LogP contribution >= 0.6 is 0 Å². The minimum absolute atomic E-state index is 0.0687. The van der Waals surface area contributed by atoms with Crippen molar-refractivity contribution >= 4 is 0 Å². The summed E-state index contributed by atoms with van der Waals surface area (Å²) >= 11 is 0. The van der Waals surface area contributed by atoms with E-state index in [1.807, 2.05) is 0 Å². The fraction of sp³-hybridized carbons (Fsp3) is 0.647. The van der Waals surface area contributed by atoms with Gasteiger partial charge in [0.2, 0.25) is 0 Å². The van der Waals surface area contributed by atoms with Gasteiger partial charge in [-0.15, -0.1) is 0 Å². The second-order valence-electron chi connectivity index (χ2n) is 6.10. The molecule has 0 heterocycles. The van der Waals surface area contributed by atoms with E-state index in [2.05, 4.69) is 18.7 Å². The minimum atomic E-state index is 0.0687. The molecule has 2 rings (SSSR count). The van der Waals surface area contributed by atoms with Crippen molar-refractivity contribution in [3.63, 3.8) is 0 Å². The first-order chi connectivity index (χ1) is 10.1.